The summed E-state index contributed by atoms with van der Waals surface area (Å²) in [6, 6.07) is 17.0. The largest absolute Gasteiger partial charge is 0.492 e. The molecule has 3 aromatic rings. The highest BCUT2D eigenvalue weighted by Gasteiger charge is 2.38. The summed E-state index contributed by atoms with van der Waals surface area (Å²) in [5.74, 6) is -6.78. The number of ketones is 1. The fourth-order valence-corrected chi connectivity index (χ4v) is 8.17. The molecule has 1 saturated carbocycles. The van der Waals surface area contributed by atoms with Gasteiger partial charge in [0, 0.05) is 18.1 Å². The first-order valence-electron chi connectivity index (χ1n) is 23.2. The van der Waals surface area contributed by atoms with E-state index in [0.29, 0.717) is 40.2 Å². The number of esters is 6. The lowest BCUT2D eigenvalue weighted by atomic mass is 9.77. The second kappa shape index (κ2) is 26.8. The van der Waals surface area contributed by atoms with Gasteiger partial charge in [-0.3, -0.25) is 4.79 Å². The Morgan fingerprint density at radius 3 is 1.82 bits per heavy atom. The molecule has 0 aromatic heterocycles. The van der Waals surface area contributed by atoms with Crippen molar-refractivity contribution in [2.24, 2.45) is 11.3 Å². The molecular weight excluding hydrogens is 880 g/mol. The van der Waals surface area contributed by atoms with Crippen LogP contribution >= 0.6 is 0 Å². The first-order chi connectivity index (χ1) is 32.5. The van der Waals surface area contributed by atoms with E-state index in [1.54, 1.807) is 18.2 Å². The Labute approximate surface area is 398 Å². The van der Waals surface area contributed by atoms with Gasteiger partial charge in [0.05, 0.1) is 32.8 Å². The number of carbonyl (C=O) groups excluding carboxylic acids is 7. The molecule has 0 aliphatic heterocycles. The number of hydrogen-bond acceptors (Lipinski definition) is 14. The standard InChI is InChI=1S/C53H65FO14/c1-8-10-11-13-36-15-17-38(18-16-36)39-19-21-40(22-20-39)41-23-24-43(45(54)29-41)44-28-42(14-12-26-64-48(57)35(5)55)46(30-37(44)9-2)66-31-53(25-27-65-47(56)34(3)4,32-67-51(60)49(58)62-6)33-68-52(61)50(59)63-7/h19-24,28-30,36,38H,3,8-18,25-27,31-33H2,1-2,4-7H3. The molecule has 1 fully saturated rings. The van der Waals surface area contributed by atoms with Crippen molar-refractivity contribution in [2.75, 3.05) is 47.3 Å². The van der Waals surface area contributed by atoms with Crippen LogP contribution in [-0.4, -0.2) is 88.9 Å². The van der Waals surface area contributed by atoms with E-state index < -0.39 is 72.7 Å². The molecule has 0 radical (unpaired) electrons. The van der Waals surface area contributed by atoms with Crippen molar-refractivity contribution in [1.29, 1.82) is 0 Å². The summed E-state index contributed by atoms with van der Waals surface area (Å²) >= 11 is 0. The van der Waals surface area contributed by atoms with E-state index in [9.17, 15) is 33.6 Å². The molecule has 3 aromatic carbocycles. The average Bonchev–Trinajstić information content (AvgIpc) is 3.34. The number of rotatable bonds is 24. The van der Waals surface area contributed by atoms with Crippen molar-refractivity contribution in [3.05, 3.63) is 89.3 Å². The minimum atomic E-state index is -1.59. The SMILES string of the molecule is C=C(C)C(=O)OCCC(COC(=O)C(=O)OC)(COC(=O)C(=O)OC)COc1cc(CC)c(-c2ccc(-c3ccc(C4CCC(CCCCC)CC4)cc3)cc2F)cc1CCCOC(=O)C(C)=O. The fraction of sp³-hybridized carbons (Fsp3) is 0.491. The highest BCUT2D eigenvalue weighted by Crippen LogP contribution is 2.40. The molecule has 0 heterocycles. The number of methoxy groups -OCH3 is 2. The van der Waals surface area contributed by atoms with Gasteiger partial charge in [0.1, 0.15) is 31.4 Å². The molecule has 0 unspecified atom stereocenters. The molecule has 4 rings (SSSR count). The lowest BCUT2D eigenvalue weighted by molar-refractivity contribution is -0.175. The number of carbonyl (C=O) groups is 7. The van der Waals surface area contributed by atoms with Crippen LogP contribution in [0.5, 0.6) is 5.75 Å². The Kier molecular flexibility index (Phi) is 21.4. The highest BCUT2D eigenvalue weighted by atomic mass is 19.1. The van der Waals surface area contributed by atoms with Crippen LogP contribution in [0.2, 0.25) is 0 Å². The topological polar surface area (TPSA) is 184 Å². The van der Waals surface area contributed by atoms with Gasteiger partial charge in [-0.05, 0) is 122 Å². The van der Waals surface area contributed by atoms with E-state index in [0.717, 1.165) is 32.6 Å². The Bertz CT molecular complexity index is 2220. The molecule has 68 heavy (non-hydrogen) atoms. The van der Waals surface area contributed by atoms with E-state index >= 15 is 4.39 Å². The number of halogens is 1. The van der Waals surface area contributed by atoms with Crippen molar-refractivity contribution >= 4 is 41.6 Å². The Balaban J connectivity index is 1.68. The molecule has 1 aliphatic carbocycles. The van der Waals surface area contributed by atoms with Crippen LogP contribution in [0.3, 0.4) is 0 Å². The van der Waals surface area contributed by atoms with Gasteiger partial charge in [-0.1, -0.05) is 82.5 Å². The second-order valence-electron chi connectivity index (χ2n) is 17.4. The number of hydrogen-bond donors (Lipinski definition) is 0. The van der Waals surface area contributed by atoms with Crippen LogP contribution in [0.15, 0.2) is 66.7 Å². The van der Waals surface area contributed by atoms with Gasteiger partial charge in [0.15, 0.2) is 0 Å². The average molecular weight is 945 g/mol. The zero-order valence-electron chi connectivity index (χ0n) is 40.2. The third-order valence-electron chi connectivity index (χ3n) is 12.3. The summed E-state index contributed by atoms with van der Waals surface area (Å²) in [6.45, 7) is 8.00. The molecule has 0 saturated heterocycles. The maximum Gasteiger partial charge on any atom is 0.417 e. The van der Waals surface area contributed by atoms with Crippen LogP contribution in [0.4, 0.5) is 4.39 Å². The van der Waals surface area contributed by atoms with Gasteiger partial charge in [-0.15, -0.1) is 0 Å². The summed E-state index contributed by atoms with van der Waals surface area (Å²) in [5.41, 5.74) is 3.51. The predicted octanol–water partition coefficient (Wildman–Crippen LogP) is 8.95. The van der Waals surface area contributed by atoms with Crippen molar-refractivity contribution in [1.82, 2.24) is 0 Å². The maximum atomic E-state index is 16.4. The van der Waals surface area contributed by atoms with Crippen LogP contribution in [0, 0.1) is 17.2 Å². The van der Waals surface area contributed by atoms with Crippen LogP contribution in [0.1, 0.15) is 115 Å². The van der Waals surface area contributed by atoms with Crippen LogP contribution < -0.4 is 4.74 Å². The summed E-state index contributed by atoms with van der Waals surface area (Å²) in [6.07, 6.45) is 10.7. The maximum absolute atomic E-state index is 16.4. The smallest absolute Gasteiger partial charge is 0.417 e. The van der Waals surface area contributed by atoms with Gasteiger partial charge >= 0.3 is 35.8 Å². The van der Waals surface area contributed by atoms with Crippen molar-refractivity contribution in [2.45, 2.75) is 111 Å². The van der Waals surface area contributed by atoms with E-state index in [1.165, 1.54) is 69.9 Å². The Hall–Kier alpha value is -6.38. The highest BCUT2D eigenvalue weighted by molar-refractivity contribution is 6.32. The summed E-state index contributed by atoms with van der Waals surface area (Å²) in [5, 5.41) is 0. The second-order valence-corrected chi connectivity index (χ2v) is 17.4. The monoisotopic (exact) mass is 944 g/mol. The molecule has 368 valence electrons. The van der Waals surface area contributed by atoms with Crippen molar-refractivity contribution < 1.29 is 71.1 Å². The first kappa shape index (κ1) is 54.2. The summed E-state index contributed by atoms with van der Waals surface area (Å²) < 4.78 is 52.8. The summed E-state index contributed by atoms with van der Waals surface area (Å²) in [7, 11) is 1.96. The Morgan fingerprint density at radius 2 is 1.26 bits per heavy atom. The van der Waals surface area contributed by atoms with Crippen LogP contribution in [-0.2, 0) is 74.8 Å². The third-order valence-corrected chi connectivity index (χ3v) is 12.3. The molecule has 0 amide bonds. The lowest BCUT2D eigenvalue weighted by Crippen LogP contribution is -2.42. The van der Waals surface area contributed by atoms with Crippen LogP contribution in [0.25, 0.3) is 22.3 Å². The number of Topliss-reactive ketones (excluding diaryl/α,β-unsaturated/α-hetero) is 1. The quantitative estimate of drug-likeness (QED) is 0.0273. The molecule has 14 nitrogen and oxygen atoms in total. The third kappa shape index (κ3) is 15.9. The Morgan fingerprint density at radius 1 is 0.647 bits per heavy atom. The minimum absolute atomic E-state index is 0.0902. The fourth-order valence-electron chi connectivity index (χ4n) is 8.17. The number of unbranched alkanes of at least 4 members (excludes halogenated alkanes) is 2. The van der Waals surface area contributed by atoms with Gasteiger partial charge in [-0.2, -0.15) is 0 Å². The summed E-state index contributed by atoms with van der Waals surface area (Å²) in [4.78, 5) is 85.0. The lowest BCUT2D eigenvalue weighted by Gasteiger charge is -2.32. The molecule has 0 spiro atoms. The number of benzene rings is 3. The van der Waals surface area contributed by atoms with Gasteiger partial charge in [0.25, 0.3) is 0 Å². The molecular formula is C53H65FO14. The zero-order valence-corrected chi connectivity index (χ0v) is 40.2. The molecule has 1 aliphatic rings. The number of aryl methyl sites for hydroxylation is 2. The van der Waals surface area contributed by atoms with Crippen molar-refractivity contribution in [3.63, 3.8) is 0 Å². The van der Waals surface area contributed by atoms with Gasteiger partial charge < -0.3 is 33.2 Å². The predicted molar refractivity (Wildman–Crippen MR) is 250 cm³/mol. The normalized spacial score (nSPS) is 14.5. The molecule has 0 atom stereocenters. The van der Waals surface area contributed by atoms with E-state index in [4.69, 9.17) is 23.7 Å². The first-order valence-corrected chi connectivity index (χ1v) is 23.2. The van der Waals surface area contributed by atoms with Crippen molar-refractivity contribution in [3.8, 4) is 28.0 Å². The zero-order chi connectivity index (χ0) is 49.8. The molecule has 15 heteroatoms. The molecule has 0 bridgehead atoms. The van der Waals surface area contributed by atoms with E-state index in [-0.39, 0.29) is 43.8 Å². The number of ether oxygens (including phenoxy) is 7. The minimum Gasteiger partial charge on any atom is -0.492 e. The molecule has 0 N–H and O–H groups in total. The van der Waals surface area contributed by atoms with Gasteiger partial charge in [-0.25, -0.2) is 33.2 Å². The van der Waals surface area contributed by atoms with E-state index in [1.807, 2.05) is 13.0 Å². The van der Waals surface area contributed by atoms with E-state index in [2.05, 4.69) is 47.2 Å². The van der Waals surface area contributed by atoms with Gasteiger partial charge in [0.2, 0.25) is 5.78 Å².